The van der Waals surface area contributed by atoms with E-state index in [1.807, 2.05) is 52.0 Å². The molecular weight excluding hydrogens is 566 g/mol. The molecule has 0 saturated heterocycles. The van der Waals surface area contributed by atoms with Crippen LogP contribution in [0.3, 0.4) is 0 Å². The van der Waals surface area contributed by atoms with Crippen LogP contribution in [-0.4, -0.2) is 43.8 Å². The quantitative estimate of drug-likeness (QED) is 0.324. The predicted molar refractivity (Wildman–Crippen MR) is 154 cm³/mol. The summed E-state index contributed by atoms with van der Waals surface area (Å²) in [5.74, 6) is -0.744. The minimum absolute atomic E-state index is 0.0748. The Morgan fingerprint density at radius 1 is 0.921 bits per heavy atom. The Morgan fingerprint density at radius 3 is 2.11 bits per heavy atom. The summed E-state index contributed by atoms with van der Waals surface area (Å²) in [7, 11) is -4.08. The Labute approximate surface area is 234 Å². The van der Waals surface area contributed by atoms with E-state index in [2.05, 4.69) is 21.2 Å². The van der Waals surface area contributed by atoms with E-state index in [-0.39, 0.29) is 23.4 Å². The van der Waals surface area contributed by atoms with Crippen molar-refractivity contribution in [1.82, 2.24) is 10.2 Å². The standard InChI is InChI=1S/C29H34BrN3O4S/c1-5-27(29(35)31-21(2)3)32(19-23-12-10-9-11-22(23)4)28(34)20-33(25-17-15-24(30)16-18-25)38(36,37)26-13-7-6-8-14-26/h6-18,21,27H,5,19-20H2,1-4H3,(H,31,35)/t27-/m1/s1. The lowest BCUT2D eigenvalue weighted by atomic mass is 10.1. The Kier molecular flexibility index (Phi) is 10.1. The maximum atomic E-state index is 14.0. The summed E-state index contributed by atoms with van der Waals surface area (Å²) >= 11 is 3.38. The monoisotopic (exact) mass is 599 g/mol. The van der Waals surface area contributed by atoms with Crippen LogP contribution < -0.4 is 9.62 Å². The summed E-state index contributed by atoms with van der Waals surface area (Å²) in [4.78, 5) is 28.8. The van der Waals surface area contributed by atoms with Gasteiger partial charge in [-0.05, 0) is 74.7 Å². The van der Waals surface area contributed by atoms with Crippen molar-refractivity contribution >= 4 is 43.5 Å². The zero-order valence-corrected chi connectivity index (χ0v) is 24.5. The van der Waals surface area contributed by atoms with Gasteiger partial charge in [0.2, 0.25) is 11.8 Å². The fraction of sp³-hybridized carbons (Fsp3) is 0.310. The number of rotatable bonds is 11. The van der Waals surface area contributed by atoms with Crippen LogP contribution in [0.1, 0.15) is 38.3 Å². The number of benzene rings is 3. The number of aryl methyl sites for hydroxylation is 1. The second-order valence-corrected chi connectivity index (χ2v) is 12.1. The number of hydrogen-bond donors (Lipinski definition) is 1. The van der Waals surface area contributed by atoms with Crippen LogP contribution in [0.5, 0.6) is 0 Å². The van der Waals surface area contributed by atoms with E-state index in [4.69, 9.17) is 0 Å². The lowest BCUT2D eigenvalue weighted by molar-refractivity contribution is -0.140. The first kappa shape index (κ1) is 29.4. The molecule has 0 aliphatic heterocycles. The number of amides is 2. The number of sulfonamides is 1. The van der Waals surface area contributed by atoms with E-state index in [0.717, 1.165) is 19.9 Å². The summed E-state index contributed by atoms with van der Waals surface area (Å²) in [5, 5.41) is 2.91. The molecule has 0 heterocycles. The topological polar surface area (TPSA) is 86.8 Å². The summed E-state index contributed by atoms with van der Waals surface area (Å²) < 4.78 is 29.4. The molecule has 0 aliphatic rings. The molecule has 2 amide bonds. The summed E-state index contributed by atoms with van der Waals surface area (Å²) in [6.45, 7) is 7.22. The first-order valence-corrected chi connectivity index (χ1v) is 14.8. The number of carbonyl (C=O) groups excluding carboxylic acids is 2. The van der Waals surface area contributed by atoms with Crippen molar-refractivity contribution in [2.75, 3.05) is 10.8 Å². The van der Waals surface area contributed by atoms with E-state index in [0.29, 0.717) is 12.1 Å². The second-order valence-electron chi connectivity index (χ2n) is 9.34. The average Bonchev–Trinajstić information content (AvgIpc) is 2.88. The van der Waals surface area contributed by atoms with Crippen LogP contribution in [0.15, 0.2) is 88.2 Å². The van der Waals surface area contributed by atoms with Gasteiger partial charge < -0.3 is 10.2 Å². The number of nitrogens with zero attached hydrogens (tertiary/aromatic N) is 2. The molecule has 38 heavy (non-hydrogen) atoms. The molecule has 0 aromatic heterocycles. The number of hydrogen-bond acceptors (Lipinski definition) is 4. The third kappa shape index (κ3) is 7.23. The molecule has 3 aromatic carbocycles. The number of carbonyl (C=O) groups is 2. The summed E-state index contributed by atoms with van der Waals surface area (Å²) in [6, 6.07) is 21.5. The highest BCUT2D eigenvalue weighted by atomic mass is 79.9. The van der Waals surface area contributed by atoms with Crippen molar-refractivity contribution < 1.29 is 18.0 Å². The molecule has 0 fully saturated rings. The molecule has 3 aromatic rings. The van der Waals surface area contributed by atoms with Gasteiger partial charge in [-0.3, -0.25) is 13.9 Å². The number of halogens is 1. The lowest BCUT2D eigenvalue weighted by Gasteiger charge is -2.34. The van der Waals surface area contributed by atoms with Gasteiger partial charge in [0.25, 0.3) is 10.0 Å². The van der Waals surface area contributed by atoms with Crippen LogP contribution in [0, 0.1) is 6.92 Å². The molecule has 1 N–H and O–H groups in total. The van der Waals surface area contributed by atoms with Crippen LogP contribution in [0.4, 0.5) is 5.69 Å². The van der Waals surface area contributed by atoms with Crippen LogP contribution in [0.25, 0.3) is 0 Å². The fourth-order valence-corrected chi connectivity index (χ4v) is 5.83. The molecule has 1 atom stereocenters. The molecule has 0 radical (unpaired) electrons. The SMILES string of the molecule is CC[C@H](C(=O)NC(C)C)N(Cc1ccccc1C)C(=O)CN(c1ccc(Br)cc1)S(=O)(=O)c1ccccc1. The molecule has 0 spiro atoms. The summed E-state index contributed by atoms with van der Waals surface area (Å²) in [6.07, 6.45) is 0.375. The van der Waals surface area contributed by atoms with Gasteiger partial charge in [0, 0.05) is 17.1 Å². The zero-order valence-electron chi connectivity index (χ0n) is 22.1. The van der Waals surface area contributed by atoms with E-state index in [1.54, 1.807) is 42.5 Å². The molecule has 7 nitrogen and oxygen atoms in total. The van der Waals surface area contributed by atoms with Gasteiger partial charge in [-0.25, -0.2) is 8.42 Å². The molecule has 0 unspecified atom stereocenters. The molecule has 0 bridgehead atoms. The summed E-state index contributed by atoms with van der Waals surface area (Å²) in [5.41, 5.74) is 2.21. The largest absolute Gasteiger partial charge is 0.352 e. The van der Waals surface area contributed by atoms with Gasteiger partial charge >= 0.3 is 0 Å². The first-order valence-electron chi connectivity index (χ1n) is 12.5. The van der Waals surface area contributed by atoms with Gasteiger partial charge in [0.15, 0.2) is 0 Å². The highest BCUT2D eigenvalue weighted by Gasteiger charge is 2.34. The maximum Gasteiger partial charge on any atom is 0.264 e. The molecule has 202 valence electrons. The Morgan fingerprint density at radius 2 is 1.53 bits per heavy atom. The third-order valence-corrected chi connectivity index (χ3v) is 8.46. The first-order chi connectivity index (χ1) is 18.0. The van der Waals surface area contributed by atoms with Crippen LogP contribution in [0.2, 0.25) is 0 Å². The zero-order chi connectivity index (χ0) is 27.9. The van der Waals surface area contributed by atoms with E-state index in [9.17, 15) is 18.0 Å². The minimum Gasteiger partial charge on any atom is -0.352 e. The number of anilines is 1. The van der Waals surface area contributed by atoms with Crippen molar-refractivity contribution in [2.45, 2.75) is 57.6 Å². The molecule has 0 aliphatic carbocycles. The molecule has 0 saturated carbocycles. The van der Waals surface area contributed by atoms with E-state index in [1.165, 1.54) is 17.0 Å². The average molecular weight is 601 g/mol. The fourth-order valence-electron chi connectivity index (χ4n) is 4.13. The van der Waals surface area contributed by atoms with Crippen LogP contribution in [-0.2, 0) is 26.2 Å². The van der Waals surface area contributed by atoms with Crippen molar-refractivity contribution in [3.05, 3.63) is 94.5 Å². The minimum atomic E-state index is -4.08. The maximum absolute atomic E-state index is 14.0. The van der Waals surface area contributed by atoms with Crippen molar-refractivity contribution in [2.24, 2.45) is 0 Å². The van der Waals surface area contributed by atoms with Gasteiger partial charge in [-0.15, -0.1) is 0 Å². The predicted octanol–water partition coefficient (Wildman–Crippen LogP) is 5.28. The van der Waals surface area contributed by atoms with Gasteiger partial charge in [0.05, 0.1) is 10.6 Å². The Bertz CT molecular complexity index is 1350. The lowest BCUT2D eigenvalue weighted by Crippen LogP contribution is -2.53. The Hall–Kier alpha value is -3.17. The Balaban J connectivity index is 2.06. The normalized spacial score (nSPS) is 12.2. The molecule has 9 heteroatoms. The van der Waals surface area contributed by atoms with Gasteiger partial charge in [-0.2, -0.15) is 0 Å². The highest BCUT2D eigenvalue weighted by molar-refractivity contribution is 9.10. The van der Waals surface area contributed by atoms with Gasteiger partial charge in [0.1, 0.15) is 12.6 Å². The van der Waals surface area contributed by atoms with Crippen molar-refractivity contribution in [1.29, 1.82) is 0 Å². The van der Waals surface area contributed by atoms with Crippen molar-refractivity contribution in [3.63, 3.8) is 0 Å². The van der Waals surface area contributed by atoms with Crippen LogP contribution >= 0.6 is 15.9 Å². The number of nitrogens with one attached hydrogen (secondary N) is 1. The van der Waals surface area contributed by atoms with Crippen molar-refractivity contribution in [3.8, 4) is 0 Å². The molecule has 3 rings (SSSR count). The second kappa shape index (κ2) is 13.1. The van der Waals surface area contributed by atoms with Gasteiger partial charge in [-0.1, -0.05) is 65.3 Å². The third-order valence-electron chi connectivity index (χ3n) is 6.14. The smallest absolute Gasteiger partial charge is 0.264 e. The molecular formula is C29H34BrN3O4S. The van der Waals surface area contributed by atoms with E-state index < -0.39 is 28.5 Å². The van der Waals surface area contributed by atoms with E-state index >= 15 is 0 Å². The highest BCUT2D eigenvalue weighted by Crippen LogP contribution is 2.26.